The summed E-state index contributed by atoms with van der Waals surface area (Å²) in [5.41, 5.74) is 1.99. The van der Waals surface area contributed by atoms with Gasteiger partial charge in [0.15, 0.2) is 0 Å². The SMILES string of the molecule is C=C.CCCc1ccc(C(=O)N2CCC(=O)CC2)cc1. The fourth-order valence-corrected chi connectivity index (χ4v) is 2.24. The second-order valence-corrected chi connectivity index (χ2v) is 4.78. The molecule has 1 aromatic rings. The molecule has 0 bridgehead atoms. The molecule has 1 heterocycles. The maximum Gasteiger partial charge on any atom is 0.253 e. The molecular weight excluding hydrogens is 250 g/mol. The summed E-state index contributed by atoms with van der Waals surface area (Å²) in [5, 5.41) is 0. The minimum absolute atomic E-state index is 0.0468. The number of ketones is 1. The van der Waals surface area contributed by atoms with Gasteiger partial charge in [-0.25, -0.2) is 0 Å². The molecule has 0 radical (unpaired) electrons. The molecule has 20 heavy (non-hydrogen) atoms. The molecule has 3 heteroatoms. The molecule has 1 fully saturated rings. The minimum atomic E-state index is 0.0468. The van der Waals surface area contributed by atoms with Crippen molar-refractivity contribution in [1.29, 1.82) is 0 Å². The van der Waals surface area contributed by atoms with Gasteiger partial charge >= 0.3 is 0 Å². The van der Waals surface area contributed by atoms with Crippen LogP contribution in [0.25, 0.3) is 0 Å². The number of likely N-dealkylation sites (tertiary alicyclic amines) is 1. The van der Waals surface area contributed by atoms with E-state index in [0.29, 0.717) is 25.9 Å². The van der Waals surface area contributed by atoms with E-state index in [0.717, 1.165) is 18.4 Å². The first kappa shape index (κ1) is 16.2. The zero-order chi connectivity index (χ0) is 15.0. The molecule has 1 saturated heterocycles. The topological polar surface area (TPSA) is 37.4 Å². The molecule has 1 amide bonds. The molecule has 0 N–H and O–H groups in total. The van der Waals surface area contributed by atoms with Gasteiger partial charge in [-0.1, -0.05) is 25.5 Å². The molecule has 1 aromatic carbocycles. The van der Waals surface area contributed by atoms with E-state index in [-0.39, 0.29) is 11.7 Å². The number of aryl methyl sites for hydroxylation is 1. The van der Waals surface area contributed by atoms with E-state index in [1.165, 1.54) is 5.56 Å². The molecule has 2 rings (SSSR count). The van der Waals surface area contributed by atoms with Crippen molar-refractivity contribution in [3.8, 4) is 0 Å². The first-order chi connectivity index (χ1) is 9.70. The number of hydrogen-bond acceptors (Lipinski definition) is 2. The van der Waals surface area contributed by atoms with Gasteiger partial charge in [0, 0.05) is 31.5 Å². The number of piperidine rings is 1. The molecule has 1 aliphatic heterocycles. The van der Waals surface area contributed by atoms with Crippen molar-refractivity contribution in [2.45, 2.75) is 32.6 Å². The third-order valence-corrected chi connectivity index (χ3v) is 3.35. The van der Waals surface area contributed by atoms with Crippen molar-refractivity contribution in [1.82, 2.24) is 4.90 Å². The summed E-state index contributed by atoms with van der Waals surface area (Å²) in [6.07, 6.45) is 3.16. The largest absolute Gasteiger partial charge is 0.338 e. The Morgan fingerprint density at radius 1 is 1.15 bits per heavy atom. The Labute approximate surface area is 121 Å². The van der Waals surface area contributed by atoms with Gasteiger partial charge in [0.2, 0.25) is 0 Å². The van der Waals surface area contributed by atoms with Crippen molar-refractivity contribution >= 4 is 11.7 Å². The first-order valence-corrected chi connectivity index (χ1v) is 7.10. The zero-order valence-electron chi connectivity index (χ0n) is 12.2. The van der Waals surface area contributed by atoms with E-state index in [9.17, 15) is 9.59 Å². The van der Waals surface area contributed by atoms with Gasteiger partial charge in [-0.2, -0.15) is 0 Å². The highest BCUT2D eigenvalue weighted by atomic mass is 16.2. The molecule has 0 saturated carbocycles. The van der Waals surface area contributed by atoms with Gasteiger partial charge in [0.25, 0.3) is 5.91 Å². The number of carbonyl (C=O) groups is 2. The summed E-state index contributed by atoms with van der Waals surface area (Å²) in [7, 11) is 0. The highest BCUT2D eigenvalue weighted by molar-refractivity contribution is 5.95. The molecule has 108 valence electrons. The van der Waals surface area contributed by atoms with Crippen molar-refractivity contribution in [3.63, 3.8) is 0 Å². The summed E-state index contributed by atoms with van der Waals surface area (Å²) in [5.74, 6) is 0.308. The molecule has 3 nitrogen and oxygen atoms in total. The normalized spacial score (nSPS) is 14.4. The number of carbonyl (C=O) groups excluding carboxylic acids is 2. The number of benzene rings is 1. The van der Waals surface area contributed by atoms with Gasteiger partial charge < -0.3 is 4.90 Å². The van der Waals surface area contributed by atoms with E-state index in [1.807, 2.05) is 24.3 Å². The van der Waals surface area contributed by atoms with Crippen LogP contribution in [0.3, 0.4) is 0 Å². The summed E-state index contributed by atoms with van der Waals surface area (Å²) in [6, 6.07) is 7.82. The molecule has 0 atom stereocenters. The third kappa shape index (κ3) is 4.34. The van der Waals surface area contributed by atoms with Crippen LogP contribution in [0.5, 0.6) is 0 Å². The second kappa shape index (κ2) is 8.31. The van der Waals surface area contributed by atoms with Crippen LogP contribution in [-0.2, 0) is 11.2 Å². The minimum Gasteiger partial charge on any atom is -0.338 e. The van der Waals surface area contributed by atoms with Crippen LogP contribution < -0.4 is 0 Å². The Morgan fingerprint density at radius 2 is 1.70 bits per heavy atom. The summed E-state index contributed by atoms with van der Waals surface area (Å²) in [6.45, 7) is 9.27. The molecule has 1 aliphatic rings. The Morgan fingerprint density at radius 3 is 2.20 bits per heavy atom. The van der Waals surface area contributed by atoms with Crippen LogP contribution in [-0.4, -0.2) is 29.7 Å². The summed E-state index contributed by atoms with van der Waals surface area (Å²) < 4.78 is 0. The molecule has 0 spiro atoms. The third-order valence-electron chi connectivity index (χ3n) is 3.35. The average Bonchev–Trinajstić information content (AvgIpc) is 2.50. The lowest BCUT2D eigenvalue weighted by atomic mass is 10.1. The Bertz CT molecular complexity index is 441. The predicted octanol–water partition coefficient (Wildman–Crippen LogP) is 3.25. The van der Waals surface area contributed by atoms with E-state index in [2.05, 4.69) is 20.1 Å². The van der Waals surface area contributed by atoms with Crippen molar-refractivity contribution in [2.24, 2.45) is 0 Å². The van der Waals surface area contributed by atoms with Crippen LogP contribution in [0.2, 0.25) is 0 Å². The van der Waals surface area contributed by atoms with Crippen LogP contribution >= 0.6 is 0 Å². The number of Topliss-reactive ketones (excluding diaryl/α,β-unsaturated/α-hetero) is 1. The van der Waals surface area contributed by atoms with Gasteiger partial charge in [-0.3, -0.25) is 9.59 Å². The average molecular weight is 273 g/mol. The fourth-order valence-electron chi connectivity index (χ4n) is 2.24. The van der Waals surface area contributed by atoms with Crippen LogP contribution in [0.1, 0.15) is 42.1 Å². The van der Waals surface area contributed by atoms with Gasteiger partial charge in [-0.05, 0) is 24.1 Å². The fraction of sp³-hybridized carbons (Fsp3) is 0.412. The van der Waals surface area contributed by atoms with E-state index in [4.69, 9.17) is 0 Å². The van der Waals surface area contributed by atoms with Crippen molar-refractivity contribution < 1.29 is 9.59 Å². The maximum absolute atomic E-state index is 12.2. The standard InChI is InChI=1S/C15H19NO2.C2H4/c1-2-3-12-4-6-13(7-5-12)15(18)16-10-8-14(17)9-11-16;1-2/h4-7H,2-3,8-11H2,1H3;1-2H2. The van der Waals surface area contributed by atoms with Crippen LogP contribution in [0.15, 0.2) is 37.4 Å². The highest BCUT2D eigenvalue weighted by Crippen LogP contribution is 2.13. The second-order valence-electron chi connectivity index (χ2n) is 4.78. The van der Waals surface area contributed by atoms with E-state index >= 15 is 0 Å². The highest BCUT2D eigenvalue weighted by Gasteiger charge is 2.21. The number of amides is 1. The lowest BCUT2D eigenvalue weighted by Crippen LogP contribution is -2.38. The number of hydrogen-bond donors (Lipinski definition) is 0. The molecule has 0 aromatic heterocycles. The smallest absolute Gasteiger partial charge is 0.253 e. The van der Waals surface area contributed by atoms with Crippen molar-refractivity contribution in [2.75, 3.05) is 13.1 Å². The Balaban J connectivity index is 0.000000956. The zero-order valence-corrected chi connectivity index (χ0v) is 12.2. The lowest BCUT2D eigenvalue weighted by Gasteiger charge is -2.26. The van der Waals surface area contributed by atoms with E-state index in [1.54, 1.807) is 4.90 Å². The van der Waals surface area contributed by atoms with Gasteiger partial charge in [0.05, 0.1) is 0 Å². The summed E-state index contributed by atoms with van der Waals surface area (Å²) in [4.78, 5) is 25.1. The number of nitrogens with zero attached hydrogens (tertiary/aromatic N) is 1. The molecular formula is C17H23NO2. The van der Waals surface area contributed by atoms with Crippen LogP contribution in [0.4, 0.5) is 0 Å². The molecule has 0 unspecified atom stereocenters. The van der Waals surface area contributed by atoms with Gasteiger partial charge in [-0.15, -0.1) is 13.2 Å². The Kier molecular flexibility index (Phi) is 6.71. The lowest BCUT2D eigenvalue weighted by molar-refractivity contribution is -0.120. The number of rotatable bonds is 3. The van der Waals surface area contributed by atoms with Crippen LogP contribution in [0, 0.1) is 0 Å². The summed E-state index contributed by atoms with van der Waals surface area (Å²) >= 11 is 0. The Hall–Kier alpha value is -1.90. The van der Waals surface area contributed by atoms with Crippen molar-refractivity contribution in [3.05, 3.63) is 48.6 Å². The maximum atomic E-state index is 12.2. The molecule has 0 aliphatic carbocycles. The van der Waals surface area contributed by atoms with Gasteiger partial charge in [0.1, 0.15) is 5.78 Å². The quantitative estimate of drug-likeness (QED) is 0.793. The monoisotopic (exact) mass is 273 g/mol. The predicted molar refractivity (Wildman–Crippen MR) is 81.8 cm³/mol. The first-order valence-electron chi connectivity index (χ1n) is 7.10. The van der Waals surface area contributed by atoms with E-state index < -0.39 is 0 Å².